The molecule has 4 rings (SSSR count). The van der Waals surface area contributed by atoms with Gasteiger partial charge < -0.3 is 14.4 Å². The number of aromatic nitrogens is 1. The van der Waals surface area contributed by atoms with Crippen molar-refractivity contribution in [3.05, 3.63) is 60.0 Å². The molecule has 0 spiro atoms. The highest BCUT2D eigenvalue weighted by Crippen LogP contribution is 2.38. The lowest BCUT2D eigenvalue weighted by Gasteiger charge is -2.03. The van der Waals surface area contributed by atoms with E-state index in [0.29, 0.717) is 29.4 Å². The first-order chi connectivity index (χ1) is 12.1. The van der Waals surface area contributed by atoms with Crippen molar-refractivity contribution in [1.29, 1.82) is 0 Å². The summed E-state index contributed by atoms with van der Waals surface area (Å²) in [6, 6.07) is 14.9. The molecular weight excluding hydrogens is 342 g/mol. The number of hydrogen-bond acceptors (Lipinski definition) is 6. The minimum absolute atomic E-state index is 0.0300. The number of nitrogens with zero attached hydrogens (tertiary/aromatic N) is 1. The second-order valence-corrected chi connectivity index (χ2v) is 6.02. The van der Waals surface area contributed by atoms with Gasteiger partial charge in [-0.05, 0) is 6.07 Å². The summed E-state index contributed by atoms with van der Waals surface area (Å²) in [6.45, 7) is 0.389. The quantitative estimate of drug-likeness (QED) is 0.546. The van der Waals surface area contributed by atoms with Gasteiger partial charge in [0.15, 0.2) is 16.8 Å². The number of carboxylic acid groups (broad SMARTS) is 1. The number of benzene rings is 2. The zero-order chi connectivity index (χ0) is 17.4. The summed E-state index contributed by atoms with van der Waals surface area (Å²) in [4.78, 5) is 25.7. The molecular formula is C18H13NO5S. The fourth-order valence-electron chi connectivity index (χ4n) is 2.60. The van der Waals surface area contributed by atoms with Crippen molar-refractivity contribution < 1.29 is 24.1 Å². The van der Waals surface area contributed by atoms with Crippen LogP contribution in [0.15, 0.2) is 52.9 Å². The van der Waals surface area contributed by atoms with Crippen molar-refractivity contribution in [2.75, 3.05) is 0 Å². The van der Waals surface area contributed by atoms with E-state index in [1.165, 1.54) is 0 Å². The molecule has 3 aromatic rings. The van der Waals surface area contributed by atoms with Crippen LogP contribution in [0, 0.1) is 0 Å². The van der Waals surface area contributed by atoms with Crippen LogP contribution in [0.4, 0.5) is 0 Å². The molecule has 1 atom stereocenters. The van der Waals surface area contributed by atoms with Crippen molar-refractivity contribution >= 4 is 18.6 Å². The molecule has 1 aliphatic heterocycles. The molecule has 1 N–H and O–H groups in total. The average molecular weight is 355 g/mol. The van der Waals surface area contributed by atoms with E-state index in [-0.39, 0.29) is 5.89 Å². The average Bonchev–Trinajstić information content (AvgIpc) is 3.28. The summed E-state index contributed by atoms with van der Waals surface area (Å²) >= 11 is 4.06. The SMILES string of the molecule is O=C(O)C(S)c1nc(-c2ccccc2)c(-c2ccc3c(c2)OOC3)o1. The van der Waals surface area contributed by atoms with Gasteiger partial charge in [0.05, 0.1) is 0 Å². The summed E-state index contributed by atoms with van der Waals surface area (Å²) < 4.78 is 5.77. The van der Waals surface area contributed by atoms with E-state index in [4.69, 9.17) is 14.2 Å². The summed E-state index contributed by atoms with van der Waals surface area (Å²) in [5.74, 6) is -0.0290. The van der Waals surface area contributed by atoms with Crippen molar-refractivity contribution in [3.8, 4) is 28.3 Å². The van der Waals surface area contributed by atoms with Crippen molar-refractivity contribution in [2.45, 2.75) is 11.9 Å². The van der Waals surface area contributed by atoms with E-state index in [0.717, 1.165) is 11.1 Å². The van der Waals surface area contributed by atoms with E-state index in [9.17, 15) is 9.90 Å². The molecule has 1 unspecified atom stereocenters. The highest BCUT2D eigenvalue weighted by Gasteiger charge is 2.26. The van der Waals surface area contributed by atoms with E-state index >= 15 is 0 Å². The first-order valence-corrected chi connectivity index (χ1v) is 8.05. The topological polar surface area (TPSA) is 81.8 Å². The fraction of sp³-hybridized carbons (Fsp3) is 0.111. The third-order valence-corrected chi connectivity index (χ3v) is 4.29. The van der Waals surface area contributed by atoms with E-state index in [2.05, 4.69) is 17.6 Å². The number of carbonyl (C=O) groups is 1. The van der Waals surface area contributed by atoms with Gasteiger partial charge in [-0.2, -0.15) is 17.5 Å². The number of hydrogen-bond donors (Lipinski definition) is 2. The predicted octanol–water partition coefficient (Wildman–Crippen LogP) is 3.89. The number of fused-ring (bicyclic) bond motifs is 1. The summed E-state index contributed by atoms with van der Waals surface area (Å²) in [7, 11) is 0. The van der Waals surface area contributed by atoms with Gasteiger partial charge >= 0.3 is 5.97 Å². The molecule has 0 saturated heterocycles. The largest absolute Gasteiger partial charge is 0.480 e. The molecule has 1 aromatic heterocycles. The van der Waals surface area contributed by atoms with Gasteiger partial charge in [0, 0.05) is 16.7 Å². The molecule has 0 saturated carbocycles. The van der Waals surface area contributed by atoms with Gasteiger partial charge in [0.25, 0.3) is 0 Å². The van der Waals surface area contributed by atoms with E-state index in [1.807, 2.05) is 42.5 Å². The van der Waals surface area contributed by atoms with E-state index in [1.54, 1.807) is 6.07 Å². The maximum Gasteiger partial charge on any atom is 0.325 e. The van der Waals surface area contributed by atoms with E-state index < -0.39 is 11.2 Å². The second kappa shape index (κ2) is 6.27. The van der Waals surface area contributed by atoms with Crippen LogP contribution < -0.4 is 4.89 Å². The summed E-state index contributed by atoms with van der Waals surface area (Å²) in [5.41, 5.74) is 3.01. The van der Waals surface area contributed by atoms with Crippen LogP contribution in [0.25, 0.3) is 22.6 Å². The number of thiol groups is 1. The molecule has 2 heterocycles. The molecule has 0 amide bonds. The molecule has 25 heavy (non-hydrogen) atoms. The van der Waals surface area contributed by atoms with Crippen molar-refractivity contribution in [1.82, 2.24) is 4.98 Å². The number of aliphatic carboxylic acids is 1. The number of rotatable bonds is 4. The molecule has 0 aliphatic carbocycles. The molecule has 0 radical (unpaired) electrons. The smallest absolute Gasteiger partial charge is 0.325 e. The monoisotopic (exact) mass is 355 g/mol. The van der Waals surface area contributed by atoms with Crippen LogP contribution in [0.2, 0.25) is 0 Å². The van der Waals surface area contributed by atoms with Gasteiger partial charge in [-0.25, -0.2) is 4.98 Å². The summed E-state index contributed by atoms with van der Waals surface area (Å²) in [6.07, 6.45) is 0. The van der Waals surface area contributed by atoms with Gasteiger partial charge in [-0.15, -0.1) is 0 Å². The van der Waals surface area contributed by atoms with Crippen molar-refractivity contribution in [2.24, 2.45) is 0 Å². The van der Waals surface area contributed by atoms with Crippen LogP contribution >= 0.6 is 12.6 Å². The molecule has 0 fully saturated rings. The zero-order valence-corrected chi connectivity index (χ0v) is 13.8. The van der Waals surface area contributed by atoms with Gasteiger partial charge in [0.1, 0.15) is 12.3 Å². The standard InChI is InChI=1S/C18H13NO5S/c20-18(21)16(25)17-19-14(10-4-2-1-3-5-10)15(23-17)11-6-7-12-9-22-24-13(12)8-11/h1-8,16,25H,9H2,(H,20,21). The third-order valence-electron chi connectivity index (χ3n) is 3.85. The Hall–Kier alpha value is -2.77. The van der Waals surface area contributed by atoms with Crippen molar-refractivity contribution in [3.63, 3.8) is 0 Å². The highest BCUT2D eigenvalue weighted by molar-refractivity contribution is 7.81. The second-order valence-electron chi connectivity index (χ2n) is 5.50. The molecule has 2 aromatic carbocycles. The lowest BCUT2D eigenvalue weighted by atomic mass is 10.0. The Morgan fingerprint density at radius 2 is 1.96 bits per heavy atom. The van der Waals surface area contributed by atoms with Crippen LogP contribution in [0.5, 0.6) is 5.75 Å². The third kappa shape index (κ3) is 2.88. The van der Waals surface area contributed by atoms with Crippen LogP contribution in [-0.4, -0.2) is 16.1 Å². The Labute approximate surface area is 148 Å². The predicted molar refractivity (Wildman–Crippen MR) is 92.2 cm³/mol. The minimum Gasteiger partial charge on any atom is -0.480 e. The molecule has 1 aliphatic rings. The zero-order valence-electron chi connectivity index (χ0n) is 12.9. The first kappa shape index (κ1) is 15.7. The van der Waals surface area contributed by atoms with Gasteiger partial charge in [0.2, 0.25) is 5.89 Å². The highest BCUT2D eigenvalue weighted by atomic mass is 32.1. The van der Waals surface area contributed by atoms with Gasteiger partial charge in [-0.3, -0.25) is 4.79 Å². The normalized spacial score (nSPS) is 14.0. The Morgan fingerprint density at radius 3 is 2.72 bits per heavy atom. The molecule has 0 bridgehead atoms. The lowest BCUT2D eigenvalue weighted by Crippen LogP contribution is -2.05. The van der Waals surface area contributed by atoms with Crippen LogP contribution in [0.1, 0.15) is 16.7 Å². The van der Waals surface area contributed by atoms with Gasteiger partial charge in [-0.1, -0.05) is 42.5 Å². The number of carboxylic acids is 1. The minimum atomic E-state index is -1.15. The Kier molecular flexibility index (Phi) is 3.95. The van der Waals surface area contributed by atoms with Crippen LogP contribution in [-0.2, 0) is 16.3 Å². The lowest BCUT2D eigenvalue weighted by molar-refractivity contribution is -0.194. The van der Waals surface area contributed by atoms with Crippen LogP contribution in [0.3, 0.4) is 0 Å². The number of oxazole rings is 1. The molecule has 6 nitrogen and oxygen atoms in total. The first-order valence-electron chi connectivity index (χ1n) is 7.53. The molecule has 126 valence electrons. The fourth-order valence-corrected chi connectivity index (χ4v) is 2.71. The maximum absolute atomic E-state index is 11.2. The Balaban J connectivity index is 1.86. The molecule has 7 heteroatoms. The summed E-state index contributed by atoms with van der Waals surface area (Å²) in [5, 5.41) is 8.04. The Morgan fingerprint density at radius 1 is 1.16 bits per heavy atom. The maximum atomic E-state index is 11.2. The Bertz CT molecular complexity index is 938.